The SMILES string of the molecule is C=Cc1oc2ccccc2c1/C=C/C1/C=C/C2C=C(c3ccc4oc(C)cc4c3)C=CC2N(C(=C)/C=C\C(=C)c2ccc(N(c3ccccc3)c3cccc(C)c3)cc2)/C=C/C1. The second kappa shape index (κ2) is 17.6. The number of hydrogen-bond acceptors (Lipinski definition) is 4. The molecular formula is C58H50N2O2. The number of para-hydroxylation sites is 2. The van der Waals surface area contributed by atoms with Crippen LogP contribution in [0.2, 0.25) is 0 Å². The molecule has 0 radical (unpaired) electrons. The normalized spacial score (nSPS) is 18.6. The number of hydrogen-bond donors (Lipinski definition) is 0. The summed E-state index contributed by atoms with van der Waals surface area (Å²) in [6, 6.07) is 44.4. The van der Waals surface area contributed by atoms with Gasteiger partial charge in [0, 0.05) is 51.2 Å². The summed E-state index contributed by atoms with van der Waals surface area (Å²) in [6.45, 7) is 17.2. The number of nitrogens with zero attached hydrogens (tertiary/aromatic N) is 2. The Hall–Kier alpha value is -7.56. The molecule has 1 aliphatic heterocycles. The van der Waals surface area contributed by atoms with Gasteiger partial charge in [-0.05, 0) is 127 Å². The fraction of sp³-hybridized carbons (Fsp3) is 0.103. The summed E-state index contributed by atoms with van der Waals surface area (Å²) in [5, 5.41) is 2.19. The Labute approximate surface area is 365 Å². The Kier molecular flexibility index (Phi) is 11.3. The molecule has 2 aliphatic rings. The van der Waals surface area contributed by atoms with Crippen molar-refractivity contribution in [1.82, 2.24) is 4.90 Å². The van der Waals surface area contributed by atoms with Gasteiger partial charge in [0.05, 0.1) is 6.04 Å². The van der Waals surface area contributed by atoms with Crippen LogP contribution in [0.3, 0.4) is 0 Å². The molecule has 304 valence electrons. The van der Waals surface area contributed by atoms with Crippen LogP contribution in [0.5, 0.6) is 0 Å². The zero-order valence-electron chi connectivity index (χ0n) is 35.3. The minimum Gasteiger partial charge on any atom is -0.461 e. The predicted molar refractivity (Wildman–Crippen MR) is 262 cm³/mol. The van der Waals surface area contributed by atoms with E-state index in [4.69, 9.17) is 8.83 Å². The second-order valence-corrected chi connectivity index (χ2v) is 16.1. The monoisotopic (exact) mass is 806 g/mol. The van der Waals surface area contributed by atoms with Crippen molar-refractivity contribution in [2.75, 3.05) is 4.90 Å². The molecule has 7 aromatic rings. The fourth-order valence-corrected chi connectivity index (χ4v) is 8.52. The first-order valence-corrected chi connectivity index (χ1v) is 21.3. The standard InChI is InChI=1S/C58H50N2O2/c1-6-56-54(53-19-10-11-20-58(53)62-56)32-24-44-15-13-35-59(55-33-28-46(38-48(55)25-23-44)47-29-34-57-49(39-47)37-43(5)61-57)42(4)22-21-41(3)45-26-30-51(31-27-45)60(50-16-8-7-9-17-50)52-18-12-14-40(2)36-52/h6-14,16-39,44,48,55H,1,3-4,15H2,2,5H3/b22-21-,25-23+,32-24+,35-13+. The second-order valence-electron chi connectivity index (χ2n) is 16.1. The maximum Gasteiger partial charge on any atom is 0.135 e. The van der Waals surface area contributed by atoms with Crippen molar-refractivity contribution in [2.24, 2.45) is 11.8 Å². The first-order chi connectivity index (χ1) is 30.3. The van der Waals surface area contributed by atoms with E-state index in [1.54, 1.807) is 6.08 Å². The lowest BCUT2D eigenvalue weighted by molar-refractivity contribution is 0.364. The highest BCUT2D eigenvalue weighted by atomic mass is 16.3. The molecule has 1 aliphatic carbocycles. The molecule has 0 bridgehead atoms. The van der Waals surface area contributed by atoms with E-state index >= 15 is 0 Å². The Bertz CT molecular complexity index is 2980. The lowest BCUT2D eigenvalue weighted by Crippen LogP contribution is -2.34. The number of rotatable bonds is 11. The van der Waals surface area contributed by atoms with Crippen molar-refractivity contribution >= 4 is 62.3 Å². The van der Waals surface area contributed by atoms with Crippen molar-refractivity contribution < 1.29 is 8.83 Å². The van der Waals surface area contributed by atoms with Gasteiger partial charge in [-0.1, -0.05) is 141 Å². The highest BCUT2D eigenvalue weighted by molar-refractivity contribution is 5.91. The average molecular weight is 807 g/mol. The number of aryl methyl sites for hydroxylation is 2. The first kappa shape index (κ1) is 39.9. The van der Waals surface area contributed by atoms with Crippen LogP contribution in [0.1, 0.15) is 40.2 Å². The van der Waals surface area contributed by atoms with E-state index in [-0.39, 0.29) is 17.9 Å². The molecule has 0 amide bonds. The van der Waals surface area contributed by atoms with Crippen molar-refractivity contribution in [1.29, 1.82) is 0 Å². The van der Waals surface area contributed by atoms with Gasteiger partial charge < -0.3 is 18.6 Å². The molecule has 3 atom stereocenters. The molecule has 0 saturated heterocycles. The Morgan fingerprint density at radius 1 is 0.742 bits per heavy atom. The zero-order chi connectivity index (χ0) is 42.6. The summed E-state index contributed by atoms with van der Waals surface area (Å²) in [6.07, 6.45) is 27.3. The molecule has 9 rings (SSSR count). The van der Waals surface area contributed by atoms with Crippen molar-refractivity contribution in [2.45, 2.75) is 26.3 Å². The molecule has 0 saturated carbocycles. The van der Waals surface area contributed by atoms with Crippen LogP contribution in [-0.2, 0) is 0 Å². The van der Waals surface area contributed by atoms with Crippen molar-refractivity contribution in [3.63, 3.8) is 0 Å². The number of allylic oxidation sites excluding steroid dienone is 8. The highest BCUT2D eigenvalue weighted by Crippen LogP contribution is 2.37. The van der Waals surface area contributed by atoms with Gasteiger partial charge in [0.15, 0.2) is 0 Å². The molecular weight excluding hydrogens is 757 g/mol. The molecule has 3 heterocycles. The topological polar surface area (TPSA) is 32.8 Å². The third kappa shape index (κ3) is 8.41. The van der Waals surface area contributed by atoms with Crippen LogP contribution in [0, 0.1) is 25.7 Å². The van der Waals surface area contributed by atoms with Gasteiger partial charge >= 0.3 is 0 Å². The van der Waals surface area contributed by atoms with Crippen molar-refractivity contribution in [3.8, 4) is 0 Å². The van der Waals surface area contributed by atoms with Crippen LogP contribution in [0.4, 0.5) is 17.1 Å². The molecule has 0 fully saturated rings. The Balaban J connectivity index is 0.989. The molecule has 3 unspecified atom stereocenters. The average Bonchev–Trinajstić information content (AvgIpc) is 3.88. The molecule has 0 spiro atoms. The van der Waals surface area contributed by atoms with Crippen LogP contribution in [0.25, 0.3) is 45.2 Å². The first-order valence-electron chi connectivity index (χ1n) is 21.3. The lowest BCUT2D eigenvalue weighted by Gasteiger charge is -2.34. The van der Waals surface area contributed by atoms with Crippen LogP contribution in [0.15, 0.2) is 223 Å². The molecule has 4 heteroatoms. The van der Waals surface area contributed by atoms with E-state index in [9.17, 15) is 0 Å². The van der Waals surface area contributed by atoms with Crippen LogP contribution < -0.4 is 4.90 Å². The van der Waals surface area contributed by atoms with Gasteiger partial charge in [0.2, 0.25) is 0 Å². The van der Waals surface area contributed by atoms with E-state index in [2.05, 4.69) is 207 Å². The fourth-order valence-electron chi connectivity index (χ4n) is 8.52. The molecule has 5 aromatic carbocycles. The quantitative estimate of drug-likeness (QED) is 0.0963. The summed E-state index contributed by atoms with van der Waals surface area (Å²) in [5.74, 6) is 1.91. The maximum absolute atomic E-state index is 6.11. The number of furan rings is 2. The van der Waals surface area contributed by atoms with Gasteiger partial charge in [-0.3, -0.25) is 0 Å². The number of anilines is 3. The maximum atomic E-state index is 6.11. The Morgan fingerprint density at radius 3 is 2.35 bits per heavy atom. The van der Waals surface area contributed by atoms with E-state index in [0.29, 0.717) is 0 Å². The molecule has 2 aromatic heterocycles. The summed E-state index contributed by atoms with van der Waals surface area (Å²) in [4.78, 5) is 4.57. The third-order valence-corrected chi connectivity index (χ3v) is 11.7. The van der Waals surface area contributed by atoms with E-state index in [0.717, 1.165) is 84.9 Å². The molecule has 62 heavy (non-hydrogen) atoms. The zero-order valence-corrected chi connectivity index (χ0v) is 35.3. The Morgan fingerprint density at radius 2 is 1.53 bits per heavy atom. The number of fused-ring (bicyclic) bond motifs is 3. The van der Waals surface area contributed by atoms with Gasteiger partial charge in [-0.2, -0.15) is 0 Å². The molecule has 0 N–H and O–H groups in total. The smallest absolute Gasteiger partial charge is 0.135 e. The van der Waals surface area contributed by atoms with E-state index in [1.165, 1.54) is 11.1 Å². The predicted octanol–water partition coefficient (Wildman–Crippen LogP) is 15.7. The summed E-state index contributed by atoms with van der Waals surface area (Å²) < 4.78 is 12.0. The summed E-state index contributed by atoms with van der Waals surface area (Å²) in [5.41, 5.74) is 12.5. The summed E-state index contributed by atoms with van der Waals surface area (Å²) in [7, 11) is 0. The summed E-state index contributed by atoms with van der Waals surface area (Å²) >= 11 is 0. The van der Waals surface area contributed by atoms with Crippen LogP contribution in [-0.4, -0.2) is 10.9 Å². The van der Waals surface area contributed by atoms with Crippen LogP contribution >= 0.6 is 0 Å². The van der Waals surface area contributed by atoms with Gasteiger partial charge in [0.25, 0.3) is 0 Å². The van der Waals surface area contributed by atoms with Gasteiger partial charge in [0.1, 0.15) is 22.7 Å². The van der Waals surface area contributed by atoms with Crippen molar-refractivity contribution in [3.05, 3.63) is 247 Å². The largest absolute Gasteiger partial charge is 0.461 e. The van der Waals surface area contributed by atoms with Gasteiger partial charge in [-0.15, -0.1) is 0 Å². The van der Waals surface area contributed by atoms with E-state index < -0.39 is 0 Å². The highest BCUT2D eigenvalue weighted by Gasteiger charge is 2.26. The minimum atomic E-state index is 0.00866. The molecule has 4 nitrogen and oxygen atoms in total. The van der Waals surface area contributed by atoms with E-state index in [1.807, 2.05) is 31.2 Å². The minimum absolute atomic E-state index is 0.00866. The number of benzene rings is 5. The van der Waals surface area contributed by atoms with Gasteiger partial charge in [-0.25, -0.2) is 0 Å². The lowest BCUT2D eigenvalue weighted by atomic mass is 9.86. The third-order valence-electron chi connectivity index (χ3n) is 11.7.